The summed E-state index contributed by atoms with van der Waals surface area (Å²) in [7, 11) is 0. The largest absolute Gasteiger partial charge is 0.507 e. The van der Waals surface area contributed by atoms with Crippen LogP contribution in [0.3, 0.4) is 0 Å². The first-order valence-corrected chi connectivity index (χ1v) is 7.39. The molecule has 0 fully saturated rings. The van der Waals surface area contributed by atoms with E-state index in [4.69, 9.17) is 17.3 Å². The number of rotatable bonds is 6. The molecule has 0 radical (unpaired) electrons. The number of aromatic nitrogens is 2. The van der Waals surface area contributed by atoms with Crippen LogP contribution in [0.25, 0.3) is 11.4 Å². The Morgan fingerprint density at radius 1 is 1.39 bits per heavy atom. The number of nitrogens with two attached hydrogens (primary N) is 1. The van der Waals surface area contributed by atoms with E-state index in [1.807, 2.05) is 6.92 Å². The number of anilines is 1. The SMILES string of the molecule is CC[C@@H](N)CNc1cc(C(=O)O)nc(-c2cc(Cl)ccc2O)n1. The molecule has 23 heavy (non-hydrogen) atoms. The van der Waals surface area contributed by atoms with Gasteiger partial charge in [-0.15, -0.1) is 0 Å². The summed E-state index contributed by atoms with van der Waals surface area (Å²) in [5.74, 6) is -0.903. The Bertz CT molecular complexity index is 724. The van der Waals surface area contributed by atoms with Gasteiger partial charge in [-0.3, -0.25) is 0 Å². The second-order valence-electron chi connectivity index (χ2n) is 4.98. The van der Waals surface area contributed by atoms with E-state index in [1.54, 1.807) is 0 Å². The summed E-state index contributed by atoms with van der Waals surface area (Å²) in [6.45, 7) is 2.39. The van der Waals surface area contributed by atoms with Crippen LogP contribution in [0.15, 0.2) is 24.3 Å². The van der Waals surface area contributed by atoms with Crippen LogP contribution < -0.4 is 11.1 Å². The predicted molar refractivity (Wildman–Crippen MR) is 87.9 cm³/mol. The van der Waals surface area contributed by atoms with Crippen molar-refractivity contribution in [2.75, 3.05) is 11.9 Å². The lowest BCUT2D eigenvalue weighted by molar-refractivity contribution is 0.0690. The van der Waals surface area contributed by atoms with Gasteiger partial charge in [0.2, 0.25) is 0 Å². The van der Waals surface area contributed by atoms with E-state index in [-0.39, 0.29) is 28.9 Å². The van der Waals surface area contributed by atoms with Crippen molar-refractivity contribution < 1.29 is 15.0 Å². The number of carboxylic acids is 1. The molecular formula is C15H17ClN4O3. The molecule has 1 heterocycles. The van der Waals surface area contributed by atoms with Crippen molar-refractivity contribution in [3.8, 4) is 17.1 Å². The van der Waals surface area contributed by atoms with Crippen molar-refractivity contribution in [1.29, 1.82) is 0 Å². The zero-order valence-electron chi connectivity index (χ0n) is 12.5. The number of halogens is 1. The van der Waals surface area contributed by atoms with Crippen LogP contribution >= 0.6 is 11.6 Å². The molecule has 0 unspecified atom stereocenters. The molecule has 1 atom stereocenters. The van der Waals surface area contributed by atoms with E-state index < -0.39 is 5.97 Å². The number of nitrogens with one attached hydrogen (secondary N) is 1. The first kappa shape index (κ1) is 17.0. The first-order chi connectivity index (χ1) is 10.9. The minimum Gasteiger partial charge on any atom is -0.507 e. The summed E-state index contributed by atoms with van der Waals surface area (Å²) in [4.78, 5) is 19.4. The quantitative estimate of drug-likeness (QED) is 0.638. The van der Waals surface area contributed by atoms with Gasteiger partial charge in [-0.1, -0.05) is 18.5 Å². The summed E-state index contributed by atoms with van der Waals surface area (Å²) < 4.78 is 0. The third-order valence-corrected chi connectivity index (χ3v) is 3.45. The number of aromatic hydroxyl groups is 1. The highest BCUT2D eigenvalue weighted by atomic mass is 35.5. The highest BCUT2D eigenvalue weighted by Gasteiger charge is 2.15. The molecule has 2 aromatic rings. The van der Waals surface area contributed by atoms with E-state index in [0.29, 0.717) is 17.4 Å². The van der Waals surface area contributed by atoms with Crippen LogP contribution in [-0.2, 0) is 0 Å². The number of hydrogen-bond acceptors (Lipinski definition) is 6. The van der Waals surface area contributed by atoms with Crippen molar-refractivity contribution in [3.05, 3.63) is 35.0 Å². The van der Waals surface area contributed by atoms with Crippen LogP contribution in [-0.4, -0.2) is 38.7 Å². The Morgan fingerprint density at radius 2 is 2.13 bits per heavy atom. The van der Waals surface area contributed by atoms with Gasteiger partial charge >= 0.3 is 5.97 Å². The van der Waals surface area contributed by atoms with Gasteiger partial charge in [0.25, 0.3) is 0 Å². The minimum absolute atomic E-state index is 0.0671. The van der Waals surface area contributed by atoms with Crippen molar-refractivity contribution in [2.24, 2.45) is 5.73 Å². The van der Waals surface area contributed by atoms with Crippen LogP contribution in [0.5, 0.6) is 5.75 Å². The number of nitrogens with zero attached hydrogens (tertiary/aromatic N) is 2. The second kappa shape index (κ2) is 7.26. The first-order valence-electron chi connectivity index (χ1n) is 7.01. The molecule has 0 aliphatic rings. The Kier molecular flexibility index (Phi) is 5.36. The lowest BCUT2D eigenvalue weighted by Gasteiger charge is -2.12. The number of hydrogen-bond donors (Lipinski definition) is 4. The molecule has 0 spiro atoms. The summed E-state index contributed by atoms with van der Waals surface area (Å²) in [5, 5.41) is 22.5. The van der Waals surface area contributed by atoms with Gasteiger partial charge in [0.05, 0.1) is 5.56 Å². The van der Waals surface area contributed by atoms with Gasteiger partial charge < -0.3 is 21.3 Å². The number of phenols is 1. The number of aromatic carboxylic acids is 1. The van der Waals surface area contributed by atoms with Gasteiger partial charge in [0.15, 0.2) is 11.5 Å². The third-order valence-electron chi connectivity index (χ3n) is 3.21. The molecule has 2 rings (SSSR count). The number of carboxylic acid groups (broad SMARTS) is 1. The fraction of sp³-hybridized carbons (Fsp3) is 0.267. The van der Waals surface area contributed by atoms with E-state index >= 15 is 0 Å². The molecule has 8 heteroatoms. The molecule has 0 amide bonds. The highest BCUT2D eigenvalue weighted by Crippen LogP contribution is 2.30. The predicted octanol–water partition coefficient (Wildman–Crippen LogP) is 2.35. The molecule has 5 N–H and O–H groups in total. The minimum atomic E-state index is -1.20. The maximum atomic E-state index is 11.3. The van der Waals surface area contributed by atoms with E-state index in [1.165, 1.54) is 24.3 Å². The average molecular weight is 337 g/mol. The molecule has 1 aromatic heterocycles. The number of phenolic OH excluding ortho intramolecular Hbond substituents is 1. The zero-order valence-corrected chi connectivity index (χ0v) is 13.2. The van der Waals surface area contributed by atoms with E-state index in [2.05, 4.69) is 15.3 Å². The number of carbonyl (C=O) groups is 1. The molecule has 1 aromatic carbocycles. The number of benzene rings is 1. The molecule has 0 bridgehead atoms. The Morgan fingerprint density at radius 3 is 2.78 bits per heavy atom. The zero-order chi connectivity index (χ0) is 17.0. The van der Waals surface area contributed by atoms with E-state index in [9.17, 15) is 15.0 Å². The molecule has 122 valence electrons. The smallest absolute Gasteiger partial charge is 0.354 e. The lowest BCUT2D eigenvalue weighted by Crippen LogP contribution is -2.28. The maximum Gasteiger partial charge on any atom is 0.354 e. The molecule has 0 aliphatic carbocycles. The van der Waals surface area contributed by atoms with Crippen molar-refractivity contribution in [2.45, 2.75) is 19.4 Å². The van der Waals surface area contributed by atoms with Gasteiger partial charge in [0, 0.05) is 23.7 Å². The normalized spacial score (nSPS) is 12.0. The molecular weight excluding hydrogens is 320 g/mol. The fourth-order valence-electron chi connectivity index (χ4n) is 1.84. The Labute approximate surface area is 138 Å². The van der Waals surface area contributed by atoms with Crippen LogP contribution in [0, 0.1) is 0 Å². The maximum absolute atomic E-state index is 11.3. The van der Waals surface area contributed by atoms with Crippen LogP contribution in [0.4, 0.5) is 5.82 Å². The molecule has 7 nitrogen and oxygen atoms in total. The molecule has 0 aliphatic heterocycles. The average Bonchev–Trinajstić information content (AvgIpc) is 2.54. The molecule has 0 saturated carbocycles. The van der Waals surface area contributed by atoms with Crippen molar-refractivity contribution >= 4 is 23.4 Å². The monoisotopic (exact) mass is 336 g/mol. The van der Waals surface area contributed by atoms with E-state index in [0.717, 1.165) is 6.42 Å². The van der Waals surface area contributed by atoms with Crippen molar-refractivity contribution in [3.63, 3.8) is 0 Å². The Hall–Kier alpha value is -2.38. The topological polar surface area (TPSA) is 121 Å². The molecule has 0 saturated heterocycles. The summed E-state index contributed by atoms with van der Waals surface area (Å²) >= 11 is 5.92. The third kappa shape index (κ3) is 4.30. The standard InChI is InChI=1S/C15H17ClN4O3/c1-2-9(17)7-18-13-6-11(15(22)23)19-14(20-13)10-5-8(16)3-4-12(10)21/h3-6,9,21H,2,7,17H2,1H3,(H,22,23)(H,18,19,20)/t9-/m1/s1. The van der Waals surface area contributed by atoms with Gasteiger partial charge in [-0.25, -0.2) is 14.8 Å². The van der Waals surface area contributed by atoms with Gasteiger partial charge in [-0.05, 0) is 24.6 Å². The van der Waals surface area contributed by atoms with Crippen LogP contribution in [0.2, 0.25) is 5.02 Å². The lowest BCUT2D eigenvalue weighted by atomic mass is 10.2. The van der Waals surface area contributed by atoms with Gasteiger partial charge in [-0.2, -0.15) is 0 Å². The second-order valence-corrected chi connectivity index (χ2v) is 5.41. The summed E-state index contributed by atoms with van der Waals surface area (Å²) in [6, 6.07) is 5.62. The van der Waals surface area contributed by atoms with Crippen LogP contribution in [0.1, 0.15) is 23.8 Å². The summed E-state index contributed by atoms with van der Waals surface area (Å²) in [5.41, 5.74) is 5.89. The Balaban J connectivity index is 2.44. The van der Waals surface area contributed by atoms with Crippen molar-refractivity contribution in [1.82, 2.24) is 9.97 Å². The van der Waals surface area contributed by atoms with Gasteiger partial charge in [0.1, 0.15) is 11.6 Å². The summed E-state index contributed by atoms with van der Waals surface area (Å²) in [6.07, 6.45) is 0.770. The fourth-order valence-corrected chi connectivity index (χ4v) is 2.01. The highest BCUT2D eigenvalue weighted by molar-refractivity contribution is 6.30.